The second kappa shape index (κ2) is 7.11. The molecule has 23 heavy (non-hydrogen) atoms. The number of fused-ring (bicyclic) bond motifs is 1. The number of para-hydroxylation sites is 1. The number of benzene rings is 1. The maximum absolute atomic E-state index is 12.0. The van der Waals surface area contributed by atoms with Gasteiger partial charge in [-0.3, -0.25) is 20.4 Å². The molecule has 2 aromatic heterocycles. The second-order valence-corrected chi connectivity index (χ2v) is 6.04. The summed E-state index contributed by atoms with van der Waals surface area (Å²) >= 11 is 1.61. The fraction of sp³-hybridized carbons (Fsp3) is 0.176. The molecule has 0 bridgehead atoms. The lowest BCUT2D eigenvalue weighted by Gasteiger charge is -2.06. The van der Waals surface area contributed by atoms with Gasteiger partial charge >= 0.3 is 0 Å². The molecule has 3 N–H and O–H groups in total. The standard InChI is InChI=1S/C17H17N3O2S/c21-16(6-5-12-7-8-23-11-12)19-20-17(22)9-13-10-18-15-4-2-1-3-14(13)15/h1-4,7-8,10-11,18H,5-6,9H2,(H,19,21)(H,20,22). The van der Waals surface area contributed by atoms with E-state index in [-0.39, 0.29) is 18.2 Å². The van der Waals surface area contributed by atoms with Crippen LogP contribution in [0.2, 0.25) is 0 Å². The third kappa shape index (κ3) is 3.98. The summed E-state index contributed by atoms with van der Waals surface area (Å²) in [4.78, 5) is 26.8. The Kier molecular flexibility index (Phi) is 4.73. The minimum Gasteiger partial charge on any atom is -0.361 e. The van der Waals surface area contributed by atoms with Crippen molar-refractivity contribution in [2.75, 3.05) is 0 Å². The normalized spacial score (nSPS) is 10.6. The van der Waals surface area contributed by atoms with Gasteiger partial charge in [-0.2, -0.15) is 11.3 Å². The van der Waals surface area contributed by atoms with Gasteiger partial charge in [0.1, 0.15) is 0 Å². The molecule has 3 rings (SSSR count). The molecule has 6 heteroatoms. The molecule has 0 saturated carbocycles. The molecule has 2 heterocycles. The SMILES string of the molecule is O=C(CCc1ccsc1)NNC(=O)Cc1c[nH]c2ccccc12. The van der Waals surface area contributed by atoms with Crippen LogP contribution >= 0.6 is 11.3 Å². The molecule has 2 amide bonds. The van der Waals surface area contributed by atoms with Crippen molar-refractivity contribution in [3.05, 3.63) is 58.4 Å². The van der Waals surface area contributed by atoms with Crippen molar-refractivity contribution < 1.29 is 9.59 Å². The van der Waals surface area contributed by atoms with E-state index in [0.29, 0.717) is 12.8 Å². The minimum absolute atomic E-state index is 0.191. The molecule has 0 radical (unpaired) electrons. The highest BCUT2D eigenvalue weighted by Gasteiger charge is 2.09. The molecule has 0 aliphatic rings. The van der Waals surface area contributed by atoms with Crippen LogP contribution in [0.4, 0.5) is 0 Å². The molecule has 0 saturated heterocycles. The molecule has 118 valence electrons. The Hall–Kier alpha value is -2.60. The van der Waals surface area contributed by atoms with Crippen LogP contribution < -0.4 is 10.9 Å². The lowest BCUT2D eigenvalue weighted by Crippen LogP contribution is -2.42. The Bertz CT molecular complexity index is 808. The molecule has 1 aromatic carbocycles. The number of thiophene rings is 1. The van der Waals surface area contributed by atoms with Crippen molar-refractivity contribution in [2.24, 2.45) is 0 Å². The molecule has 0 spiro atoms. The predicted molar refractivity (Wildman–Crippen MR) is 90.9 cm³/mol. The highest BCUT2D eigenvalue weighted by atomic mass is 32.1. The number of hydrogen-bond acceptors (Lipinski definition) is 3. The Labute approximate surface area is 137 Å². The average Bonchev–Trinajstić information content (AvgIpc) is 3.21. The minimum atomic E-state index is -0.237. The van der Waals surface area contributed by atoms with Gasteiger partial charge < -0.3 is 4.98 Å². The van der Waals surface area contributed by atoms with E-state index in [4.69, 9.17) is 0 Å². The third-order valence-electron chi connectivity index (χ3n) is 3.59. The number of hydrogen-bond donors (Lipinski definition) is 3. The van der Waals surface area contributed by atoms with Crippen LogP contribution in [0, 0.1) is 0 Å². The van der Waals surface area contributed by atoms with Gasteiger partial charge in [0.25, 0.3) is 0 Å². The quantitative estimate of drug-likeness (QED) is 0.630. The van der Waals surface area contributed by atoms with E-state index in [1.54, 1.807) is 11.3 Å². The number of aryl methyl sites for hydroxylation is 1. The van der Waals surface area contributed by atoms with Crippen molar-refractivity contribution in [3.8, 4) is 0 Å². The van der Waals surface area contributed by atoms with E-state index in [2.05, 4.69) is 15.8 Å². The van der Waals surface area contributed by atoms with Crippen LogP contribution in [0.5, 0.6) is 0 Å². The summed E-state index contributed by atoms with van der Waals surface area (Å²) in [5.41, 5.74) is 7.96. The number of nitrogens with one attached hydrogen (secondary N) is 3. The van der Waals surface area contributed by atoms with Crippen LogP contribution in [-0.2, 0) is 22.4 Å². The van der Waals surface area contributed by atoms with Crippen LogP contribution in [0.1, 0.15) is 17.5 Å². The van der Waals surface area contributed by atoms with Crippen molar-refractivity contribution in [1.29, 1.82) is 0 Å². The summed E-state index contributed by atoms with van der Waals surface area (Å²) in [5, 5.41) is 5.02. The highest BCUT2D eigenvalue weighted by Crippen LogP contribution is 2.17. The maximum Gasteiger partial charge on any atom is 0.242 e. The molecule has 0 fully saturated rings. The summed E-state index contributed by atoms with van der Waals surface area (Å²) in [5.74, 6) is -0.429. The van der Waals surface area contributed by atoms with E-state index in [0.717, 1.165) is 22.0 Å². The van der Waals surface area contributed by atoms with Gasteiger partial charge in [-0.1, -0.05) is 18.2 Å². The zero-order chi connectivity index (χ0) is 16.1. The summed E-state index contributed by atoms with van der Waals surface area (Å²) in [6, 6.07) is 9.80. The van der Waals surface area contributed by atoms with E-state index in [9.17, 15) is 9.59 Å². The van der Waals surface area contributed by atoms with E-state index in [1.165, 1.54) is 0 Å². The van der Waals surface area contributed by atoms with Crippen molar-refractivity contribution in [3.63, 3.8) is 0 Å². The van der Waals surface area contributed by atoms with Gasteiger partial charge in [-0.05, 0) is 40.4 Å². The Morgan fingerprint density at radius 3 is 2.74 bits per heavy atom. The van der Waals surface area contributed by atoms with Crippen LogP contribution in [0.15, 0.2) is 47.3 Å². The first-order valence-corrected chi connectivity index (χ1v) is 8.30. The third-order valence-corrected chi connectivity index (χ3v) is 4.32. The van der Waals surface area contributed by atoms with E-state index < -0.39 is 0 Å². The second-order valence-electron chi connectivity index (χ2n) is 5.26. The molecule has 3 aromatic rings. The molecule has 0 atom stereocenters. The Morgan fingerprint density at radius 1 is 1.09 bits per heavy atom. The monoisotopic (exact) mass is 327 g/mol. The van der Waals surface area contributed by atoms with Crippen LogP contribution in [0.25, 0.3) is 10.9 Å². The fourth-order valence-electron chi connectivity index (χ4n) is 2.39. The fourth-order valence-corrected chi connectivity index (χ4v) is 3.09. The number of carbonyl (C=O) groups excluding carboxylic acids is 2. The smallest absolute Gasteiger partial charge is 0.242 e. The first-order chi connectivity index (χ1) is 11.2. The topological polar surface area (TPSA) is 74.0 Å². The summed E-state index contributed by atoms with van der Waals surface area (Å²) in [7, 11) is 0. The van der Waals surface area contributed by atoms with E-state index in [1.807, 2.05) is 47.3 Å². The Balaban J connectivity index is 1.47. The largest absolute Gasteiger partial charge is 0.361 e. The molecule has 0 aliphatic carbocycles. The van der Waals surface area contributed by atoms with E-state index >= 15 is 0 Å². The number of aromatic nitrogens is 1. The molecular weight excluding hydrogens is 310 g/mol. The highest BCUT2D eigenvalue weighted by molar-refractivity contribution is 7.07. The number of carbonyl (C=O) groups is 2. The lowest BCUT2D eigenvalue weighted by atomic mass is 10.1. The number of rotatable bonds is 5. The first-order valence-electron chi connectivity index (χ1n) is 7.36. The zero-order valence-corrected chi connectivity index (χ0v) is 13.3. The van der Waals surface area contributed by atoms with Gasteiger partial charge in [0.2, 0.25) is 11.8 Å². The zero-order valence-electron chi connectivity index (χ0n) is 12.5. The number of aromatic amines is 1. The number of hydrazine groups is 1. The average molecular weight is 327 g/mol. The van der Waals surface area contributed by atoms with Gasteiger partial charge in [0.15, 0.2) is 0 Å². The lowest BCUT2D eigenvalue weighted by molar-refractivity contribution is -0.128. The Morgan fingerprint density at radius 2 is 1.91 bits per heavy atom. The summed E-state index contributed by atoms with van der Waals surface area (Å²) < 4.78 is 0. The summed E-state index contributed by atoms with van der Waals surface area (Å²) in [6.07, 6.45) is 3.06. The van der Waals surface area contributed by atoms with Crippen molar-refractivity contribution in [2.45, 2.75) is 19.3 Å². The van der Waals surface area contributed by atoms with Gasteiger partial charge in [0.05, 0.1) is 6.42 Å². The van der Waals surface area contributed by atoms with Crippen LogP contribution in [0.3, 0.4) is 0 Å². The molecule has 5 nitrogen and oxygen atoms in total. The summed E-state index contributed by atoms with van der Waals surface area (Å²) in [6.45, 7) is 0. The van der Waals surface area contributed by atoms with Gasteiger partial charge in [-0.15, -0.1) is 0 Å². The van der Waals surface area contributed by atoms with Crippen LogP contribution in [-0.4, -0.2) is 16.8 Å². The molecule has 0 aliphatic heterocycles. The predicted octanol–water partition coefficient (Wildman–Crippen LogP) is 2.55. The van der Waals surface area contributed by atoms with Gasteiger partial charge in [-0.25, -0.2) is 0 Å². The van der Waals surface area contributed by atoms with Crippen molar-refractivity contribution >= 4 is 34.1 Å². The van der Waals surface area contributed by atoms with Crippen molar-refractivity contribution in [1.82, 2.24) is 15.8 Å². The molecular formula is C17H17N3O2S. The first kappa shape index (κ1) is 15.3. The number of amides is 2. The number of H-pyrrole nitrogens is 1. The molecule has 0 unspecified atom stereocenters. The maximum atomic E-state index is 12.0. The van der Waals surface area contributed by atoms with Gasteiger partial charge in [0, 0.05) is 23.5 Å².